The Kier molecular flexibility index (Phi) is 4.43. The number of hydrogen-bond donors (Lipinski definition) is 0. The maximum atomic E-state index is 14.3. The van der Waals surface area contributed by atoms with Crippen LogP contribution >= 0.6 is 34.2 Å². The molecule has 1 heterocycles. The second-order valence-electron chi connectivity index (χ2n) is 7.42. The van der Waals surface area contributed by atoms with Crippen LogP contribution in [0.15, 0.2) is 60.7 Å². The summed E-state index contributed by atoms with van der Waals surface area (Å²) in [4.78, 5) is 0. The lowest BCUT2D eigenvalue weighted by molar-refractivity contribution is 0.592. The van der Waals surface area contributed by atoms with Crippen molar-refractivity contribution in [1.29, 1.82) is 0 Å². The molecule has 0 unspecified atom stereocenters. The van der Waals surface area contributed by atoms with E-state index in [4.69, 9.17) is 0 Å². The molecule has 0 bridgehead atoms. The van der Waals surface area contributed by atoms with Crippen molar-refractivity contribution in [2.75, 3.05) is 3.11 Å². The number of halogens is 2. The second kappa shape index (κ2) is 6.50. The Balaban J connectivity index is 1.96. The maximum absolute atomic E-state index is 14.3. The highest BCUT2D eigenvalue weighted by Crippen LogP contribution is 2.45. The minimum atomic E-state index is -0.148. The van der Waals surface area contributed by atoms with E-state index in [0.717, 1.165) is 25.9 Å². The molecule has 0 N–H and O–H groups in total. The van der Waals surface area contributed by atoms with Crippen LogP contribution in [0, 0.1) is 5.82 Å². The summed E-state index contributed by atoms with van der Waals surface area (Å²) >= 11 is 3.90. The number of thiophene rings is 1. The minimum Gasteiger partial charge on any atom is -0.281 e. The van der Waals surface area contributed by atoms with E-state index in [9.17, 15) is 4.39 Å². The lowest BCUT2D eigenvalue weighted by atomic mass is 9.86. The summed E-state index contributed by atoms with van der Waals surface area (Å²) in [5.74, 6) is -0.148. The van der Waals surface area contributed by atoms with Gasteiger partial charge >= 0.3 is 0 Å². The molecule has 0 radical (unpaired) electrons. The van der Waals surface area contributed by atoms with Crippen molar-refractivity contribution in [2.24, 2.45) is 0 Å². The number of fused-ring (bicyclic) bond motifs is 3. The Hall–Kier alpha value is -1.66. The third kappa shape index (κ3) is 2.89. The molecule has 0 aliphatic carbocycles. The first-order valence-corrected chi connectivity index (χ1v) is 10.3. The van der Waals surface area contributed by atoms with E-state index >= 15 is 0 Å². The standard InChI is InChI=1S/C22H19FINS/c1-22(2,3)16-10-4-5-12-18(16)25(24)19-13-7-9-15-14-8-6-11-17(23)20(14)26-21(15)19/h4-13H,1-3H3. The maximum Gasteiger partial charge on any atom is 0.141 e. The van der Waals surface area contributed by atoms with Crippen molar-refractivity contribution in [1.82, 2.24) is 0 Å². The molecule has 4 rings (SSSR count). The van der Waals surface area contributed by atoms with Crippen LogP contribution in [-0.2, 0) is 5.41 Å². The van der Waals surface area contributed by atoms with E-state index in [1.807, 2.05) is 6.07 Å². The van der Waals surface area contributed by atoms with Crippen molar-refractivity contribution in [3.63, 3.8) is 0 Å². The average molecular weight is 475 g/mol. The van der Waals surface area contributed by atoms with Gasteiger partial charge in [0.1, 0.15) is 5.82 Å². The molecule has 1 aromatic heterocycles. The summed E-state index contributed by atoms with van der Waals surface area (Å²) in [6.07, 6.45) is 0. The van der Waals surface area contributed by atoms with Gasteiger partial charge in [0.15, 0.2) is 0 Å². The van der Waals surface area contributed by atoms with Gasteiger partial charge in [0, 0.05) is 10.8 Å². The van der Waals surface area contributed by atoms with Gasteiger partial charge in [0.25, 0.3) is 0 Å². The number of anilines is 2. The van der Waals surface area contributed by atoms with E-state index in [2.05, 4.69) is 89.2 Å². The molecule has 0 atom stereocenters. The monoisotopic (exact) mass is 475 g/mol. The van der Waals surface area contributed by atoms with Crippen molar-refractivity contribution >= 4 is 65.7 Å². The summed E-state index contributed by atoms with van der Waals surface area (Å²) in [6.45, 7) is 6.68. The molecular weight excluding hydrogens is 456 g/mol. The van der Waals surface area contributed by atoms with Crippen LogP contribution < -0.4 is 3.11 Å². The molecule has 0 saturated carbocycles. The zero-order chi connectivity index (χ0) is 18.5. The first-order chi connectivity index (χ1) is 12.4. The van der Waals surface area contributed by atoms with E-state index in [1.54, 1.807) is 6.07 Å². The quantitative estimate of drug-likeness (QED) is 0.210. The molecule has 0 fully saturated rings. The normalized spacial score (nSPS) is 12.0. The Morgan fingerprint density at radius 3 is 2.15 bits per heavy atom. The Labute approximate surface area is 170 Å². The number of nitrogens with zero attached hydrogens (tertiary/aromatic N) is 1. The van der Waals surface area contributed by atoms with Crippen LogP contribution in [-0.4, -0.2) is 0 Å². The smallest absolute Gasteiger partial charge is 0.141 e. The van der Waals surface area contributed by atoms with Gasteiger partial charge in [-0.1, -0.05) is 63.2 Å². The fourth-order valence-corrected chi connectivity index (χ4v) is 5.53. The largest absolute Gasteiger partial charge is 0.281 e. The first-order valence-electron chi connectivity index (χ1n) is 8.53. The lowest BCUT2D eigenvalue weighted by Crippen LogP contribution is -2.15. The Bertz CT molecular complexity index is 1110. The van der Waals surface area contributed by atoms with Crippen LogP contribution in [0.1, 0.15) is 26.3 Å². The van der Waals surface area contributed by atoms with Gasteiger partial charge < -0.3 is 0 Å². The molecule has 26 heavy (non-hydrogen) atoms. The van der Waals surface area contributed by atoms with Crippen LogP contribution in [0.4, 0.5) is 15.8 Å². The van der Waals surface area contributed by atoms with Crippen LogP contribution in [0.5, 0.6) is 0 Å². The van der Waals surface area contributed by atoms with E-state index in [-0.39, 0.29) is 11.2 Å². The zero-order valence-electron chi connectivity index (χ0n) is 14.9. The van der Waals surface area contributed by atoms with Gasteiger partial charge in [-0.15, -0.1) is 11.3 Å². The molecular formula is C22H19FINS. The van der Waals surface area contributed by atoms with E-state index < -0.39 is 0 Å². The highest BCUT2D eigenvalue weighted by molar-refractivity contribution is 14.1. The molecule has 132 valence electrons. The summed E-state index contributed by atoms with van der Waals surface area (Å²) in [5.41, 5.74) is 3.60. The summed E-state index contributed by atoms with van der Waals surface area (Å²) in [5, 5.41) is 2.10. The van der Waals surface area contributed by atoms with Gasteiger partial charge in [-0.2, -0.15) is 0 Å². The SMILES string of the molecule is CC(C)(C)c1ccccc1N(I)c1cccc2c1sc1c(F)cccc12. The van der Waals surface area contributed by atoms with Crippen molar-refractivity contribution < 1.29 is 4.39 Å². The molecule has 4 heteroatoms. The molecule has 0 aliphatic heterocycles. The second-order valence-corrected chi connectivity index (χ2v) is 9.41. The van der Waals surface area contributed by atoms with Crippen molar-refractivity contribution in [3.05, 3.63) is 72.0 Å². The summed E-state index contributed by atoms with van der Waals surface area (Å²) in [7, 11) is 0. The van der Waals surface area contributed by atoms with E-state index in [0.29, 0.717) is 0 Å². The van der Waals surface area contributed by atoms with Gasteiger partial charge in [0.05, 0.1) is 43.6 Å². The molecule has 0 aliphatic rings. The number of hydrogen-bond acceptors (Lipinski definition) is 2. The molecule has 1 nitrogen and oxygen atoms in total. The van der Waals surface area contributed by atoms with Crippen molar-refractivity contribution in [2.45, 2.75) is 26.2 Å². The molecule has 0 amide bonds. The third-order valence-electron chi connectivity index (χ3n) is 4.59. The van der Waals surface area contributed by atoms with E-state index in [1.165, 1.54) is 28.7 Å². The predicted octanol–water partition coefficient (Wildman–Crippen LogP) is 7.98. The Morgan fingerprint density at radius 1 is 0.808 bits per heavy atom. The van der Waals surface area contributed by atoms with Gasteiger partial charge in [-0.05, 0) is 29.2 Å². The number of benzene rings is 3. The molecule has 4 aromatic rings. The van der Waals surface area contributed by atoms with Gasteiger partial charge in [0.2, 0.25) is 0 Å². The predicted molar refractivity (Wildman–Crippen MR) is 121 cm³/mol. The summed E-state index contributed by atoms with van der Waals surface area (Å²) < 4.78 is 18.3. The van der Waals surface area contributed by atoms with Crippen molar-refractivity contribution in [3.8, 4) is 0 Å². The number of rotatable bonds is 2. The fraction of sp³-hybridized carbons (Fsp3) is 0.182. The molecule has 3 aromatic carbocycles. The topological polar surface area (TPSA) is 3.24 Å². The molecule has 0 spiro atoms. The zero-order valence-corrected chi connectivity index (χ0v) is 17.9. The highest BCUT2D eigenvalue weighted by Gasteiger charge is 2.22. The van der Waals surface area contributed by atoms with Crippen LogP contribution in [0.2, 0.25) is 0 Å². The Morgan fingerprint density at radius 2 is 1.42 bits per heavy atom. The third-order valence-corrected chi connectivity index (χ3v) is 6.88. The highest BCUT2D eigenvalue weighted by atomic mass is 127. The minimum absolute atomic E-state index is 0.0418. The van der Waals surface area contributed by atoms with Crippen LogP contribution in [0.3, 0.4) is 0 Å². The number of para-hydroxylation sites is 1. The average Bonchev–Trinajstić information content (AvgIpc) is 3.01. The van der Waals surface area contributed by atoms with Crippen LogP contribution in [0.25, 0.3) is 20.2 Å². The summed E-state index contributed by atoms with van der Waals surface area (Å²) in [6, 6.07) is 20.1. The van der Waals surface area contributed by atoms with Gasteiger partial charge in [-0.3, -0.25) is 3.11 Å². The fourth-order valence-electron chi connectivity index (χ4n) is 3.33. The first kappa shape index (κ1) is 17.7. The lowest BCUT2D eigenvalue weighted by Gasteiger charge is -2.27. The van der Waals surface area contributed by atoms with Gasteiger partial charge in [-0.25, -0.2) is 4.39 Å². The molecule has 0 saturated heterocycles.